The Labute approximate surface area is 182 Å². The highest BCUT2D eigenvalue weighted by Gasteiger charge is 2.38. The topological polar surface area (TPSA) is 60.0 Å². The SMILES string of the molecule is [CH2]Oc1ccc(CCNC[C@H](O)COc2ccc(O[Si](C)(C)C(C)(C)C)cc2)cc1. The normalized spacial score (nSPS) is 13.0. The predicted octanol–water partition coefficient (Wildman–Crippen LogP) is 4.81. The summed E-state index contributed by atoms with van der Waals surface area (Å²) in [6, 6.07) is 15.5. The maximum atomic E-state index is 10.1. The highest BCUT2D eigenvalue weighted by atomic mass is 28.4. The van der Waals surface area contributed by atoms with E-state index in [-0.39, 0.29) is 11.6 Å². The molecule has 1 atom stereocenters. The van der Waals surface area contributed by atoms with Crippen LogP contribution < -0.4 is 19.2 Å². The molecule has 2 aromatic rings. The first kappa shape index (κ1) is 24.2. The first-order valence-electron chi connectivity index (χ1n) is 10.4. The predicted molar refractivity (Wildman–Crippen MR) is 125 cm³/mol. The Balaban J connectivity index is 1.68. The Hall–Kier alpha value is -2.02. The second kappa shape index (κ2) is 10.8. The summed E-state index contributed by atoms with van der Waals surface area (Å²) in [5.41, 5.74) is 1.20. The third-order valence-corrected chi connectivity index (χ3v) is 9.86. The van der Waals surface area contributed by atoms with Gasteiger partial charge in [0.2, 0.25) is 8.32 Å². The lowest BCUT2D eigenvalue weighted by Crippen LogP contribution is -2.43. The maximum absolute atomic E-state index is 10.1. The van der Waals surface area contributed by atoms with E-state index in [0.29, 0.717) is 6.54 Å². The smallest absolute Gasteiger partial charge is 0.250 e. The fraction of sp³-hybridized carbons (Fsp3) is 0.458. The molecule has 6 heteroatoms. The van der Waals surface area contributed by atoms with E-state index in [1.807, 2.05) is 48.5 Å². The van der Waals surface area contributed by atoms with Crippen molar-refractivity contribution in [3.8, 4) is 17.2 Å². The van der Waals surface area contributed by atoms with Crippen molar-refractivity contribution in [2.75, 3.05) is 19.7 Å². The van der Waals surface area contributed by atoms with Gasteiger partial charge in [-0.3, -0.25) is 0 Å². The Morgan fingerprint density at radius 3 is 2.10 bits per heavy atom. The molecular formula is C24H36NO4Si. The quantitative estimate of drug-likeness (QED) is 0.396. The zero-order chi connectivity index (χ0) is 22.2. The fourth-order valence-electron chi connectivity index (χ4n) is 2.56. The van der Waals surface area contributed by atoms with Gasteiger partial charge < -0.3 is 24.3 Å². The number of benzene rings is 2. The van der Waals surface area contributed by atoms with Gasteiger partial charge >= 0.3 is 0 Å². The summed E-state index contributed by atoms with van der Waals surface area (Å²) in [6.07, 6.45) is 0.302. The van der Waals surface area contributed by atoms with Gasteiger partial charge in [-0.1, -0.05) is 32.9 Å². The van der Waals surface area contributed by atoms with Crippen LogP contribution in [-0.4, -0.2) is 39.2 Å². The van der Waals surface area contributed by atoms with Crippen LogP contribution >= 0.6 is 0 Å². The summed E-state index contributed by atoms with van der Waals surface area (Å²) >= 11 is 0. The molecule has 2 aromatic carbocycles. The van der Waals surface area contributed by atoms with Crippen molar-refractivity contribution in [2.24, 2.45) is 0 Å². The van der Waals surface area contributed by atoms with Crippen LogP contribution in [0.15, 0.2) is 48.5 Å². The van der Waals surface area contributed by atoms with Crippen molar-refractivity contribution in [1.82, 2.24) is 5.32 Å². The van der Waals surface area contributed by atoms with Crippen molar-refractivity contribution >= 4 is 8.32 Å². The minimum atomic E-state index is -1.85. The Morgan fingerprint density at radius 2 is 1.53 bits per heavy atom. The number of nitrogens with one attached hydrogen (secondary N) is 1. The molecule has 2 N–H and O–H groups in total. The monoisotopic (exact) mass is 430 g/mol. The second-order valence-electron chi connectivity index (χ2n) is 9.04. The van der Waals surface area contributed by atoms with Crippen LogP contribution in [0.4, 0.5) is 0 Å². The van der Waals surface area contributed by atoms with Crippen LogP contribution in [0.5, 0.6) is 17.2 Å². The molecule has 0 unspecified atom stereocenters. The van der Waals surface area contributed by atoms with Crippen LogP contribution in [0, 0.1) is 7.11 Å². The van der Waals surface area contributed by atoms with Crippen molar-refractivity contribution in [3.63, 3.8) is 0 Å². The molecule has 0 spiro atoms. The molecule has 0 aliphatic heterocycles. The van der Waals surface area contributed by atoms with E-state index in [1.54, 1.807) is 0 Å². The zero-order valence-corrected chi connectivity index (χ0v) is 19.9. The van der Waals surface area contributed by atoms with E-state index >= 15 is 0 Å². The molecule has 0 bridgehead atoms. The van der Waals surface area contributed by atoms with Crippen LogP contribution in [0.3, 0.4) is 0 Å². The molecular weight excluding hydrogens is 394 g/mol. The highest BCUT2D eigenvalue weighted by molar-refractivity contribution is 6.74. The van der Waals surface area contributed by atoms with Crippen molar-refractivity contribution in [2.45, 2.75) is 51.4 Å². The molecule has 165 valence electrons. The molecule has 0 saturated carbocycles. The first-order chi connectivity index (χ1) is 14.1. The van der Waals surface area contributed by atoms with Gasteiger partial charge in [0, 0.05) is 6.54 Å². The lowest BCUT2D eigenvalue weighted by Gasteiger charge is -2.36. The molecule has 30 heavy (non-hydrogen) atoms. The zero-order valence-electron chi connectivity index (χ0n) is 18.9. The minimum absolute atomic E-state index is 0.157. The molecule has 0 fully saturated rings. The molecule has 0 saturated heterocycles. The summed E-state index contributed by atoms with van der Waals surface area (Å²) < 4.78 is 16.9. The van der Waals surface area contributed by atoms with E-state index in [0.717, 1.165) is 30.2 Å². The fourth-order valence-corrected chi connectivity index (χ4v) is 3.59. The summed E-state index contributed by atoms with van der Waals surface area (Å²) in [7, 11) is 1.54. The van der Waals surface area contributed by atoms with Crippen molar-refractivity contribution in [1.29, 1.82) is 0 Å². The summed E-state index contributed by atoms with van der Waals surface area (Å²) in [6.45, 7) is 12.6. The van der Waals surface area contributed by atoms with Crippen LogP contribution in [-0.2, 0) is 6.42 Å². The Morgan fingerprint density at radius 1 is 0.967 bits per heavy atom. The molecule has 0 amide bonds. The van der Waals surface area contributed by atoms with E-state index < -0.39 is 14.4 Å². The largest absolute Gasteiger partial charge is 0.543 e. The van der Waals surface area contributed by atoms with Crippen LogP contribution in [0.25, 0.3) is 0 Å². The standard InChI is InChI=1S/C24H36NO4Si/c1-24(2,3)30(5,6)29-23-13-11-22(12-14-23)28-18-20(26)17-25-16-15-19-7-9-21(27-4)10-8-19/h7-14,20,25-26H,4,15-18H2,1-3,5-6H3/t20-/m0/s1. The first-order valence-corrected chi connectivity index (χ1v) is 13.3. The van der Waals surface area contributed by atoms with Gasteiger partial charge in [-0.15, -0.1) is 0 Å². The van der Waals surface area contributed by atoms with Gasteiger partial charge in [0.1, 0.15) is 37.1 Å². The maximum Gasteiger partial charge on any atom is 0.250 e. The number of aliphatic hydroxyl groups is 1. The number of hydrogen-bond donors (Lipinski definition) is 2. The average Bonchev–Trinajstić information content (AvgIpc) is 2.70. The third-order valence-electron chi connectivity index (χ3n) is 5.51. The lowest BCUT2D eigenvalue weighted by atomic mass is 10.1. The summed E-state index contributed by atoms with van der Waals surface area (Å²) in [5, 5.41) is 13.6. The van der Waals surface area contributed by atoms with E-state index in [1.165, 1.54) is 5.56 Å². The van der Waals surface area contributed by atoms with Gasteiger partial charge in [-0.25, -0.2) is 0 Å². The molecule has 0 aliphatic rings. The highest BCUT2D eigenvalue weighted by Crippen LogP contribution is 2.37. The van der Waals surface area contributed by atoms with Crippen LogP contribution in [0.2, 0.25) is 18.1 Å². The molecule has 0 aromatic heterocycles. The Bertz CT molecular complexity index is 754. The van der Waals surface area contributed by atoms with Gasteiger partial charge in [-0.05, 0) is 73.1 Å². The van der Waals surface area contributed by atoms with Gasteiger partial charge in [-0.2, -0.15) is 0 Å². The number of aliphatic hydroxyl groups excluding tert-OH is 1. The summed E-state index contributed by atoms with van der Waals surface area (Å²) in [4.78, 5) is 0. The number of hydrogen-bond acceptors (Lipinski definition) is 5. The van der Waals surface area contributed by atoms with E-state index in [4.69, 9.17) is 13.9 Å². The van der Waals surface area contributed by atoms with Crippen molar-refractivity contribution in [3.05, 3.63) is 61.2 Å². The number of rotatable bonds is 11. The summed E-state index contributed by atoms with van der Waals surface area (Å²) in [5.74, 6) is 2.34. The molecule has 2 rings (SSSR count). The molecule has 0 heterocycles. The Kier molecular flexibility index (Phi) is 8.76. The number of ether oxygens (including phenoxy) is 2. The van der Waals surface area contributed by atoms with Gasteiger partial charge in [0.15, 0.2) is 0 Å². The van der Waals surface area contributed by atoms with Gasteiger partial charge in [0.25, 0.3) is 0 Å². The lowest BCUT2D eigenvalue weighted by molar-refractivity contribution is 0.106. The molecule has 1 radical (unpaired) electrons. The van der Waals surface area contributed by atoms with Crippen molar-refractivity contribution < 1.29 is 19.0 Å². The molecule has 0 aliphatic carbocycles. The minimum Gasteiger partial charge on any atom is -0.543 e. The van der Waals surface area contributed by atoms with Gasteiger partial charge in [0.05, 0.1) is 0 Å². The average molecular weight is 431 g/mol. The molecule has 5 nitrogen and oxygen atoms in total. The second-order valence-corrected chi connectivity index (χ2v) is 13.8. The van der Waals surface area contributed by atoms with E-state index in [9.17, 15) is 5.11 Å². The van der Waals surface area contributed by atoms with E-state index in [2.05, 4.69) is 46.3 Å². The third kappa shape index (κ3) is 7.67. The van der Waals surface area contributed by atoms with Crippen LogP contribution in [0.1, 0.15) is 26.3 Å².